The summed E-state index contributed by atoms with van der Waals surface area (Å²) < 4.78 is 0. The van der Waals surface area contributed by atoms with Gasteiger partial charge in [-0.1, -0.05) is 30.3 Å². The maximum Gasteiger partial charge on any atom is 0.318 e. The first-order valence-corrected chi connectivity index (χ1v) is 6.86. The van der Waals surface area contributed by atoms with Crippen LogP contribution in [0.3, 0.4) is 0 Å². The van der Waals surface area contributed by atoms with Crippen molar-refractivity contribution >= 4 is 17.7 Å². The standard InChI is InChI=1S/C15H21N3O3/c1-3-17(11-13-7-5-4-6-8-13)14(20)15(21)18(10-9-16)12(2)19/h4-8H,3,9-11,16H2,1-2H3. The van der Waals surface area contributed by atoms with Crippen molar-refractivity contribution in [3.8, 4) is 0 Å². The fourth-order valence-corrected chi connectivity index (χ4v) is 1.91. The first-order valence-electron chi connectivity index (χ1n) is 6.86. The molecule has 0 bridgehead atoms. The monoisotopic (exact) mass is 291 g/mol. The summed E-state index contributed by atoms with van der Waals surface area (Å²) in [5, 5.41) is 0. The Morgan fingerprint density at radius 3 is 2.19 bits per heavy atom. The quantitative estimate of drug-likeness (QED) is 0.794. The molecule has 0 spiro atoms. The highest BCUT2D eigenvalue weighted by Crippen LogP contribution is 2.06. The smallest absolute Gasteiger partial charge is 0.318 e. The van der Waals surface area contributed by atoms with Crippen molar-refractivity contribution in [3.05, 3.63) is 35.9 Å². The fraction of sp³-hybridized carbons (Fsp3) is 0.400. The highest BCUT2D eigenvalue weighted by Gasteiger charge is 2.28. The predicted molar refractivity (Wildman–Crippen MR) is 79.0 cm³/mol. The van der Waals surface area contributed by atoms with Gasteiger partial charge in [-0.3, -0.25) is 19.3 Å². The average molecular weight is 291 g/mol. The van der Waals surface area contributed by atoms with Crippen LogP contribution in [0.2, 0.25) is 0 Å². The van der Waals surface area contributed by atoms with Gasteiger partial charge >= 0.3 is 11.8 Å². The number of rotatable bonds is 5. The van der Waals surface area contributed by atoms with Crippen LogP contribution in [0.4, 0.5) is 0 Å². The van der Waals surface area contributed by atoms with Crippen molar-refractivity contribution in [2.24, 2.45) is 5.73 Å². The van der Waals surface area contributed by atoms with Crippen LogP contribution in [0.1, 0.15) is 19.4 Å². The van der Waals surface area contributed by atoms with Gasteiger partial charge in [0, 0.05) is 33.1 Å². The molecule has 0 saturated carbocycles. The van der Waals surface area contributed by atoms with Gasteiger partial charge in [0.15, 0.2) is 0 Å². The van der Waals surface area contributed by atoms with E-state index in [2.05, 4.69) is 0 Å². The highest BCUT2D eigenvalue weighted by atomic mass is 16.2. The summed E-state index contributed by atoms with van der Waals surface area (Å²) in [7, 11) is 0. The number of hydrogen-bond acceptors (Lipinski definition) is 4. The minimum atomic E-state index is -0.828. The number of nitrogens with zero attached hydrogens (tertiary/aromatic N) is 2. The molecular formula is C15H21N3O3. The molecule has 2 N–H and O–H groups in total. The van der Waals surface area contributed by atoms with Crippen molar-refractivity contribution in [2.45, 2.75) is 20.4 Å². The summed E-state index contributed by atoms with van der Waals surface area (Å²) in [5.74, 6) is -2.00. The van der Waals surface area contributed by atoms with Crippen molar-refractivity contribution in [1.82, 2.24) is 9.80 Å². The second-order valence-corrected chi connectivity index (χ2v) is 4.57. The summed E-state index contributed by atoms with van der Waals surface area (Å²) in [6.45, 7) is 3.92. The lowest BCUT2D eigenvalue weighted by Gasteiger charge is -2.24. The van der Waals surface area contributed by atoms with Crippen molar-refractivity contribution < 1.29 is 14.4 Å². The largest absolute Gasteiger partial charge is 0.330 e. The zero-order valence-corrected chi connectivity index (χ0v) is 12.4. The van der Waals surface area contributed by atoms with Crippen LogP contribution in [-0.4, -0.2) is 47.2 Å². The Labute approximate surface area is 124 Å². The molecule has 0 fully saturated rings. The molecule has 1 aromatic carbocycles. The molecule has 0 atom stereocenters. The first kappa shape index (κ1) is 16.8. The van der Waals surface area contributed by atoms with Gasteiger partial charge in [-0.2, -0.15) is 0 Å². The third-order valence-corrected chi connectivity index (χ3v) is 3.05. The molecule has 0 aliphatic heterocycles. The molecule has 0 radical (unpaired) electrons. The molecule has 21 heavy (non-hydrogen) atoms. The van der Waals surface area contributed by atoms with E-state index in [-0.39, 0.29) is 13.1 Å². The lowest BCUT2D eigenvalue weighted by atomic mass is 10.2. The van der Waals surface area contributed by atoms with Gasteiger partial charge in [0.25, 0.3) is 0 Å². The average Bonchev–Trinajstić information content (AvgIpc) is 2.49. The summed E-state index contributed by atoms with van der Waals surface area (Å²) >= 11 is 0. The number of benzene rings is 1. The zero-order chi connectivity index (χ0) is 15.8. The van der Waals surface area contributed by atoms with Gasteiger partial charge < -0.3 is 10.6 Å². The van der Waals surface area contributed by atoms with Crippen LogP contribution >= 0.6 is 0 Å². The minimum absolute atomic E-state index is 0.0444. The Morgan fingerprint density at radius 1 is 1.10 bits per heavy atom. The number of nitrogens with two attached hydrogens (primary N) is 1. The van der Waals surface area contributed by atoms with Crippen LogP contribution in [0, 0.1) is 0 Å². The Morgan fingerprint density at radius 2 is 1.71 bits per heavy atom. The van der Waals surface area contributed by atoms with E-state index in [9.17, 15) is 14.4 Å². The first-order chi connectivity index (χ1) is 10.0. The normalized spacial score (nSPS) is 10.0. The Kier molecular flexibility index (Phi) is 6.55. The van der Waals surface area contributed by atoms with Crippen LogP contribution in [0.25, 0.3) is 0 Å². The molecule has 3 amide bonds. The third kappa shape index (κ3) is 4.68. The van der Waals surface area contributed by atoms with E-state index in [4.69, 9.17) is 5.73 Å². The lowest BCUT2D eigenvalue weighted by molar-refractivity contribution is -0.156. The summed E-state index contributed by atoms with van der Waals surface area (Å²) in [6.07, 6.45) is 0. The van der Waals surface area contributed by atoms with Gasteiger partial charge in [-0.15, -0.1) is 0 Å². The van der Waals surface area contributed by atoms with Gasteiger partial charge in [-0.25, -0.2) is 0 Å². The maximum atomic E-state index is 12.2. The van der Waals surface area contributed by atoms with Crippen molar-refractivity contribution in [1.29, 1.82) is 0 Å². The number of carbonyl (C=O) groups excluding carboxylic acids is 3. The Hall–Kier alpha value is -2.21. The molecule has 0 aromatic heterocycles. The Balaban J connectivity index is 2.82. The summed E-state index contributed by atoms with van der Waals surface area (Å²) in [5.41, 5.74) is 6.29. The highest BCUT2D eigenvalue weighted by molar-refractivity contribution is 6.37. The topological polar surface area (TPSA) is 83.7 Å². The SMILES string of the molecule is CCN(Cc1ccccc1)C(=O)C(=O)N(CCN)C(C)=O. The van der Waals surface area contributed by atoms with Crippen LogP contribution in [0.5, 0.6) is 0 Å². The van der Waals surface area contributed by atoms with Crippen molar-refractivity contribution in [3.63, 3.8) is 0 Å². The second kappa shape index (κ2) is 8.16. The van der Waals surface area contributed by atoms with E-state index in [0.29, 0.717) is 13.1 Å². The van der Waals surface area contributed by atoms with Crippen LogP contribution < -0.4 is 5.73 Å². The van der Waals surface area contributed by atoms with Crippen LogP contribution in [-0.2, 0) is 20.9 Å². The van der Waals surface area contributed by atoms with Crippen molar-refractivity contribution in [2.75, 3.05) is 19.6 Å². The summed E-state index contributed by atoms with van der Waals surface area (Å²) in [4.78, 5) is 38.1. The number of imide groups is 1. The molecule has 1 aromatic rings. The second-order valence-electron chi connectivity index (χ2n) is 4.57. The fourth-order valence-electron chi connectivity index (χ4n) is 1.91. The van der Waals surface area contributed by atoms with E-state index in [0.717, 1.165) is 10.5 Å². The molecule has 1 rings (SSSR count). The molecule has 0 saturated heterocycles. The number of likely N-dealkylation sites (N-methyl/N-ethyl adjacent to an activating group) is 1. The molecule has 0 heterocycles. The number of amides is 3. The van der Waals surface area contributed by atoms with E-state index in [1.165, 1.54) is 11.8 Å². The number of carbonyl (C=O) groups is 3. The molecule has 0 aliphatic rings. The van der Waals surface area contributed by atoms with Crippen LogP contribution in [0.15, 0.2) is 30.3 Å². The summed E-state index contributed by atoms with van der Waals surface area (Å²) in [6, 6.07) is 9.37. The lowest BCUT2D eigenvalue weighted by Crippen LogP contribution is -2.48. The molecule has 6 heteroatoms. The van der Waals surface area contributed by atoms with Gasteiger partial charge in [0.2, 0.25) is 5.91 Å². The molecule has 6 nitrogen and oxygen atoms in total. The maximum absolute atomic E-state index is 12.2. The van der Waals surface area contributed by atoms with E-state index in [1.54, 1.807) is 6.92 Å². The van der Waals surface area contributed by atoms with E-state index in [1.807, 2.05) is 30.3 Å². The van der Waals surface area contributed by atoms with Gasteiger partial charge in [-0.05, 0) is 12.5 Å². The predicted octanol–water partition coefficient (Wildman–Crippen LogP) is 0.369. The van der Waals surface area contributed by atoms with E-state index < -0.39 is 17.7 Å². The Bertz CT molecular complexity index is 502. The molecule has 0 aliphatic carbocycles. The van der Waals surface area contributed by atoms with Gasteiger partial charge in [0.05, 0.1) is 0 Å². The molecule has 0 unspecified atom stereocenters. The zero-order valence-electron chi connectivity index (χ0n) is 12.4. The van der Waals surface area contributed by atoms with Gasteiger partial charge in [0.1, 0.15) is 0 Å². The van der Waals surface area contributed by atoms with E-state index >= 15 is 0 Å². The molecule has 114 valence electrons. The number of hydrogen-bond donors (Lipinski definition) is 1. The molecular weight excluding hydrogens is 270 g/mol. The minimum Gasteiger partial charge on any atom is -0.330 e. The third-order valence-electron chi connectivity index (χ3n) is 3.05.